The number of carboxylic acid groups (broad SMARTS) is 1. The van der Waals surface area contributed by atoms with Gasteiger partial charge in [0, 0.05) is 0 Å². The number of allylic oxidation sites excluding steroid dienone is 2. The van der Waals surface area contributed by atoms with Gasteiger partial charge in [-0.05, 0) is 104 Å². The number of carbonyl (C=O) groups is 4. The van der Waals surface area contributed by atoms with E-state index in [-0.39, 0.29) is 25.2 Å². The SMILES string of the molecule is CC[C@@H]1O[C@@H](OCC(=O)N[C@H]2C(CO)O[C@@H](OC(=O)[C@]34CCC(C)(C)CC3C3=CCC5C6(C)CC[C@H](O[C@@H]7OC(C(=O)O)[C@@H](O)[C@H](O[C@@H]8OC[C@@H](O)[C@H](O)C8O)C7O[C@@H]7OC(CO)[C@H](O)[C@H](O)C7O)[C@](C)(C=O)[C@@H]6CC[C@]5(C)[C@]3(C)CC4O)C(O[C@@H]3OC[C@@H](O)C(O)C3O)C2O)C(O)C1O. The summed E-state index contributed by atoms with van der Waals surface area (Å²) >= 11 is 0. The van der Waals surface area contributed by atoms with Crippen molar-refractivity contribution in [3.8, 4) is 0 Å². The van der Waals surface area contributed by atoms with Crippen LogP contribution in [-0.2, 0) is 76.0 Å². The summed E-state index contributed by atoms with van der Waals surface area (Å²) < 4.78 is 71.5. The third kappa shape index (κ3) is 13.3. The Morgan fingerprint density at radius 1 is 0.580 bits per heavy atom. The first-order valence-corrected chi connectivity index (χ1v) is 34.7. The molecular formula is C66H103NO33. The topological polar surface area (TPSA) is 535 Å². The highest BCUT2D eigenvalue weighted by molar-refractivity contribution is 5.80. The molecule has 4 saturated carbocycles. The standard InChI is InChI=1S/C66H103NO33/c1-8-29-40(77)46(83)54(92-29)91-23-36(74)67-37-30(19-68)93-58(51(42(37)79)98-56-45(82)39(76)28(72)22-90-56)100-60(88)66-16-15-61(2,3)17-26(66)25-9-10-33-62(4)13-12-35(63(5,24-70)32(62)11-14-64(33,6)65(25,7)18-34(66)73)95-59-52(99-57-47(84)43(80)41(78)31(20-69)94-57)49(48(85)50(97-59)53(86)87)96-55-44(81)38(75)27(71)21-89-55/h9,24,26-35,37-52,54-59,68-69,71-73,75-85H,8,10-23H2,1-7H3,(H,67,74)(H,86,87)/t26?,27-,28-,29+,30?,31?,32-,33?,34?,35+,37+,38+,39?,40?,41+,42?,43+,44?,45?,46?,47?,48+,49+,50?,51?,52?,54-,55+,56+,57+,58+,59-,62?,63-,64+,65-,66-/m1/s1. The number of aldehydes is 1. The average Bonchev–Trinajstić information content (AvgIpc) is 0.714. The molecule has 18 N–H and O–H groups in total. The second-order valence-corrected chi connectivity index (χ2v) is 31.3. The summed E-state index contributed by atoms with van der Waals surface area (Å²) in [6.45, 7) is 10.1. The quantitative estimate of drug-likeness (QED) is 0.0248. The molecular weight excluding hydrogens is 1330 g/mol. The van der Waals surface area contributed by atoms with Crippen LogP contribution in [0.3, 0.4) is 0 Å². The highest BCUT2D eigenvalue weighted by Crippen LogP contribution is 2.76. The van der Waals surface area contributed by atoms with E-state index >= 15 is 4.79 Å². The van der Waals surface area contributed by atoms with Crippen LogP contribution in [0, 0.1) is 50.2 Å². The molecule has 11 rings (SSSR count). The first-order chi connectivity index (χ1) is 47.0. The molecule has 570 valence electrons. The number of hydrogen-bond donors (Lipinski definition) is 18. The number of carbonyl (C=O) groups excluding carboxylic acids is 3. The number of nitrogens with one attached hydrogen (secondary N) is 1. The number of esters is 1. The van der Waals surface area contributed by atoms with Gasteiger partial charge >= 0.3 is 11.9 Å². The van der Waals surface area contributed by atoms with Gasteiger partial charge in [0.25, 0.3) is 0 Å². The van der Waals surface area contributed by atoms with E-state index in [1.54, 1.807) is 13.8 Å². The lowest BCUT2D eigenvalue weighted by atomic mass is 9.33. The maximum absolute atomic E-state index is 15.8. The van der Waals surface area contributed by atoms with Crippen LogP contribution >= 0.6 is 0 Å². The van der Waals surface area contributed by atoms with Gasteiger partial charge in [0.1, 0.15) is 122 Å². The zero-order chi connectivity index (χ0) is 73.0. The number of aliphatic hydroxyl groups excluding tert-OH is 16. The second-order valence-electron chi connectivity index (χ2n) is 31.3. The molecule has 11 aliphatic rings. The molecule has 34 heteroatoms. The Hall–Kier alpha value is -3.26. The first-order valence-electron chi connectivity index (χ1n) is 34.7. The molecule has 0 aromatic heterocycles. The highest BCUT2D eigenvalue weighted by atomic mass is 16.8. The van der Waals surface area contributed by atoms with Crippen molar-refractivity contribution in [2.24, 2.45) is 50.2 Å². The lowest BCUT2D eigenvalue weighted by molar-refractivity contribution is -0.391. The van der Waals surface area contributed by atoms with Gasteiger partial charge in [-0.15, -0.1) is 0 Å². The molecule has 6 heterocycles. The van der Waals surface area contributed by atoms with Crippen LogP contribution in [0.25, 0.3) is 0 Å². The number of carboxylic acids is 1. The lowest BCUT2D eigenvalue weighted by Crippen LogP contribution is -2.70. The number of fused-ring (bicyclic) bond motifs is 7. The Balaban J connectivity index is 0.869. The molecule has 5 aliphatic carbocycles. The molecule has 100 heavy (non-hydrogen) atoms. The van der Waals surface area contributed by atoms with Gasteiger partial charge in [-0.1, -0.05) is 60.1 Å². The zero-order valence-corrected chi connectivity index (χ0v) is 56.9. The van der Waals surface area contributed by atoms with E-state index in [4.69, 9.17) is 56.8 Å². The van der Waals surface area contributed by atoms with Gasteiger partial charge in [0.2, 0.25) is 12.2 Å². The maximum atomic E-state index is 15.8. The van der Waals surface area contributed by atoms with Crippen molar-refractivity contribution in [1.29, 1.82) is 0 Å². The fraction of sp³-hybridized carbons (Fsp3) is 0.909. The molecule has 6 saturated heterocycles. The average molecular weight is 1440 g/mol. The van der Waals surface area contributed by atoms with Crippen molar-refractivity contribution in [2.75, 3.05) is 33.0 Å². The van der Waals surface area contributed by atoms with E-state index in [1.165, 1.54) is 0 Å². The first kappa shape index (κ1) is 77.8. The molecule has 6 aliphatic heterocycles. The van der Waals surface area contributed by atoms with E-state index in [0.29, 0.717) is 44.9 Å². The molecule has 0 spiro atoms. The molecule has 0 radical (unpaired) electrons. The summed E-state index contributed by atoms with van der Waals surface area (Å²) in [6, 6.07) is -1.58. The summed E-state index contributed by atoms with van der Waals surface area (Å²) in [5.74, 6) is -5.09. The molecule has 0 aromatic carbocycles. The van der Waals surface area contributed by atoms with Gasteiger partial charge in [-0.2, -0.15) is 0 Å². The van der Waals surface area contributed by atoms with Crippen molar-refractivity contribution in [2.45, 2.75) is 291 Å². The minimum Gasteiger partial charge on any atom is -0.479 e. The summed E-state index contributed by atoms with van der Waals surface area (Å²) in [7, 11) is 0. The smallest absolute Gasteiger partial charge is 0.335 e. The Morgan fingerprint density at radius 3 is 1.76 bits per heavy atom. The minimum absolute atomic E-state index is 0.0132. The van der Waals surface area contributed by atoms with E-state index in [9.17, 15) is 101 Å². The van der Waals surface area contributed by atoms with E-state index in [1.807, 2.05) is 0 Å². The molecule has 1 amide bonds. The molecule has 0 bridgehead atoms. The predicted molar refractivity (Wildman–Crippen MR) is 329 cm³/mol. The van der Waals surface area contributed by atoms with Crippen molar-refractivity contribution < 1.29 is 163 Å². The lowest BCUT2D eigenvalue weighted by Gasteiger charge is -2.71. The van der Waals surface area contributed by atoms with Crippen LogP contribution in [0.5, 0.6) is 0 Å². The fourth-order valence-corrected chi connectivity index (χ4v) is 19.1. The highest BCUT2D eigenvalue weighted by Gasteiger charge is 2.73. The second kappa shape index (κ2) is 29.5. The van der Waals surface area contributed by atoms with Crippen LogP contribution in [0.15, 0.2) is 11.6 Å². The maximum Gasteiger partial charge on any atom is 0.335 e. The van der Waals surface area contributed by atoms with Crippen LogP contribution in [0.4, 0.5) is 0 Å². The summed E-state index contributed by atoms with van der Waals surface area (Å²) in [6.07, 6.45) is -43.5. The Morgan fingerprint density at radius 2 is 1.16 bits per heavy atom. The fourth-order valence-electron chi connectivity index (χ4n) is 19.1. The van der Waals surface area contributed by atoms with Crippen molar-refractivity contribution >= 4 is 24.1 Å². The molecule has 16 unspecified atom stereocenters. The van der Waals surface area contributed by atoms with E-state index in [0.717, 1.165) is 11.9 Å². The minimum atomic E-state index is -2.22. The van der Waals surface area contributed by atoms with Crippen molar-refractivity contribution in [3.63, 3.8) is 0 Å². The van der Waals surface area contributed by atoms with Gasteiger partial charge in [-0.25, -0.2) is 4.79 Å². The third-order valence-electron chi connectivity index (χ3n) is 25.2. The van der Waals surface area contributed by atoms with Gasteiger partial charge in [-0.3, -0.25) is 9.59 Å². The number of aliphatic hydroxyl groups is 16. The van der Waals surface area contributed by atoms with Crippen LogP contribution in [0.1, 0.15) is 113 Å². The van der Waals surface area contributed by atoms with E-state index < -0.39 is 273 Å². The summed E-state index contributed by atoms with van der Waals surface area (Å²) in [5, 5.41) is 189. The van der Waals surface area contributed by atoms with Crippen molar-refractivity contribution in [3.05, 3.63) is 11.6 Å². The number of aliphatic carboxylic acids is 1. The monoisotopic (exact) mass is 1440 g/mol. The third-order valence-corrected chi connectivity index (χ3v) is 25.2. The summed E-state index contributed by atoms with van der Waals surface area (Å²) in [5.41, 5.74) is -4.96. The van der Waals surface area contributed by atoms with Crippen LogP contribution in [0.2, 0.25) is 0 Å². The van der Waals surface area contributed by atoms with Gasteiger partial charge in [0.15, 0.2) is 43.7 Å². The number of rotatable bonds is 19. The van der Waals surface area contributed by atoms with E-state index in [2.05, 4.69) is 46.0 Å². The Bertz CT molecular complexity index is 2930. The normalized spacial score (nSPS) is 52.4. The van der Waals surface area contributed by atoms with Gasteiger partial charge < -0.3 is 154 Å². The Kier molecular flexibility index (Phi) is 22.9. The van der Waals surface area contributed by atoms with Crippen LogP contribution < -0.4 is 5.32 Å². The predicted octanol–water partition coefficient (Wildman–Crippen LogP) is -5.69. The number of ether oxygens (including phenoxy) is 12. The molecule has 10 fully saturated rings. The summed E-state index contributed by atoms with van der Waals surface area (Å²) in [4.78, 5) is 56.6. The van der Waals surface area contributed by atoms with Gasteiger partial charge in [0.05, 0.1) is 56.2 Å². The largest absolute Gasteiger partial charge is 0.479 e. The van der Waals surface area contributed by atoms with Crippen LogP contribution in [-0.4, -0.2) is 322 Å². The molecule has 34 nitrogen and oxygen atoms in total. The Labute approximate surface area is 576 Å². The molecule has 0 aromatic rings. The molecule has 37 atom stereocenters. The number of amides is 1. The van der Waals surface area contributed by atoms with Crippen molar-refractivity contribution in [1.82, 2.24) is 5.32 Å². The zero-order valence-electron chi connectivity index (χ0n) is 56.9. The number of hydrogen-bond acceptors (Lipinski definition) is 32.